The number of nitrogens with zero attached hydrogens (tertiary/aromatic N) is 2. The Labute approximate surface area is 165 Å². The van der Waals surface area contributed by atoms with E-state index in [-0.39, 0.29) is 23.7 Å². The van der Waals surface area contributed by atoms with Gasteiger partial charge in [0.05, 0.1) is 0 Å². The summed E-state index contributed by atoms with van der Waals surface area (Å²) in [6, 6.07) is 8.33. The molecular weight excluding hydrogens is 350 g/mol. The van der Waals surface area contributed by atoms with E-state index in [0.29, 0.717) is 5.92 Å². The van der Waals surface area contributed by atoms with Crippen molar-refractivity contribution in [2.45, 2.75) is 44.6 Å². The van der Waals surface area contributed by atoms with Crippen molar-refractivity contribution in [3.05, 3.63) is 65.8 Å². The molecule has 1 aromatic heterocycles. The average Bonchev–Trinajstić information content (AvgIpc) is 2.72. The summed E-state index contributed by atoms with van der Waals surface area (Å²) in [5.74, 6) is -0.769. The van der Waals surface area contributed by atoms with E-state index in [2.05, 4.69) is 34.3 Å². The lowest BCUT2D eigenvalue weighted by molar-refractivity contribution is -0.137. The van der Waals surface area contributed by atoms with E-state index in [4.69, 9.17) is 0 Å². The van der Waals surface area contributed by atoms with E-state index in [1.54, 1.807) is 18.5 Å². The molecule has 4 unspecified atom stereocenters. The van der Waals surface area contributed by atoms with Gasteiger partial charge in [0.25, 0.3) is 0 Å². The number of fused-ring (bicyclic) bond motifs is 1. The maximum Gasteiger partial charge on any atom is 0.231 e. The van der Waals surface area contributed by atoms with Crippen molar-refractivity contribution < 1.29 is 9.59 Å². The Balaban J connectivity index is 1.70. The highest BCUT2D eigenvalue weighted by Crippen LogP contribution is 2.45. The first-order valence-electron chi connectivity index (χ1n) is 9.98. The van der Waals surface area contributed by atoms with Crippen LogP contribution >= 0.6 is 0 Å². The molecule has 2 heterocycles. The van der Waals surface area contributed by atoms with Crippen LogP contribution in [0.15, 0.2) is 49.1 Å². The van der Waals surface area contributed by atoms with Gasteiger partial charge in [-0.3, -0.25) is 9.59 Å². The molecule has 1 aliphatic heterocycles. The minimum Gasteiger partial charge on any atom is -0.352 e. The number of aryl methyl sites for hydroxylation is 1. The molecule has 1 aliphatic carbocycles. The summed E-state index contributed by atoms with van der Waals surface area (Å²) in [5.41, 5.74) is 3.02. The van der Waals surface area contributed by atoms with E-state index >= 15 is 0 Å². The van der Waals surface area contributed by atoms with E-state index in [9.17, 15) is 9.59 Å². The average molecular weight is 375 g/mol. The number of nitrogens with one attached hydrogen (secondary N) is 1. The van der Waals surface area contributed by atoms with Crippen LogP contribution in [0.4, 0.5) is 0 Å². The number of amides is 1. The molecule has 1 saturated carbocycles. The summed E-state index contributed by atoms with van der Waals surface area (Å²) in [4.78, 5) is 34.1. The highest BCUT2D eigenvalue weighted by molar-refractivity contribution is 6.09. The van der Waals surface area contributed by atoms with Crippen LogP contribution in [0.5, 0.6) is 0 Å². The SMILES string of the molecule is Cc1ccccc1C1C(C(=O)/C=C/c2cncnc2)C(=O)NC2CCCCC21. The Morgan fingerprint density at radius 3 is 2.68 bits per heavy atom. The van der Waals surface area contributed by atoms with Crippen molar-refractivity contribution in [3.63, 3.8) is 0 Å². The second-order valence-electron chi connectivity index (χ2n) is 7.83. The van der Waals surface area contributed by atoms with Gasteiger partial charge in [0, 0.05) is 29.9 Å². The van der Waals surface area contributed by atoms with Crippen LogP contribution in [0.3, 0.4) is 0 Å². The van der Waals surface area contributed by atoms with Crippen molar-refractivity contribution in [1.82, 2.24) is 15.3 Å². The molecule has 4 rings (SSSR count). The zero-order chi connectivity index (χ0) is 19.5. The predicted octanol–water partition coefficient (Wildman–Crippen LogP) is 3.46. The van der Waals surface area contributed by atoms with Gasteiger partial charge in [0.1, 0.15) is 12.2 Å². The molecule has 144 valence electrons. The van der Waals surface area contributed by atoms with Crippen LogP contribution in [0, 0.1) is 18.8 Å². The minimum atomic E-state index is -0.693. The highest BCUT2D eigenvalue weighted by atomic mass is 16.2. The first-order chi connectivity index (χ1) is 13.6. The number of rotatable bonds is 4. The molecule has 4 atom stereocenters. The van der Waals surface area contributed by atoms with Gasteiger partial charge in [0.2, 0.25) is 5.91 Å². The van der Waals surface area contributed by atoms with Crippen LogP contribution in [0.25, 0.3) is 6.08 Å². The molecule has 1 saturated heterocycles. The van der Waals surface area contributed by atoms with Gasteiger partial charge in [-0.1, -0.05) is 37.1 Å². The Morgan fingerprint density at radius 1 is 1.14 bits per heavy atom. The second kappa shape index (κ2) is 8.05. The van der Waals surface area contributed by atoms with Crippen molar-refractivity contribution in [2.75, 3.05) is 0 Å². The van der Waals surface area contributed by atoms with Crippen LogP contribution in [0.2, 0.25) is 0 Å². The molecule has 2 aromatic rings. The number of hydrogen-bond donors (Lipinski definition) is 1. The molecule has 0 radical (unpaired) electrons. The summed E-state index contributed by atoms with van der Waals surface area (Å²) in [5, 5.41) is 3.15. The standard InChI is InChI=1S/C23H25N3O2/c1-15-6-2-3-7-17(15)21-18-8-4-5-9-19(18)26-23(28)22(21)20(27)11-10-16-12-24-14-25-13-16/h2-3,6-7,10-14,18-19,21-22H,4-5,8-9H2,1H3,(H,26,28)/b11-10+. The molecule has 0 bridgehead atoms. The smallest absolute Gasteiger partial charge is 0.231 e. The number of allylic oxidation sites excluding steroid dienone is 1. The fourth-order valence-electron chi connectivity index (χ4n) is 4.81. The minimum absolute atomic E-state index is 0.0792. The molecule has 5 nitrogen and oxygen atoms in total. The van der Waals surface area contributed by atoms with Crippen LogP contribution in [0.1, 0.15) is 48.3 Å². The Morgan fingerprint density at radius 2 is 1.89 bits per heavy atom. The van der Waals surface area contributed by atoms with Gasteiger partial charge in [-0.25, -0.2) is 9.97 Å². The van der Waals surface area contributed by atoms with Gasteiger partial charge in [-0.15, -0.1) is 0 Å². The number of hydrogen-bond acceptors (Lipinski definition) is 4. The molecule has 2 aliphatic rings. The van der Waals surface area contributed by atoms with Gasteiger partial charge in [0.15, 0.2) is 5.78 Å². The normalized spacial score (nSPS) is 27.2. The predicted molar refractivity (Wildman–Crippen MR) is 107 cm³/mol. The van der Waals surface area contributed by atoms with E-state index < -0.39 is 5.92 Å². The number of carbonyl (C=O) groups excluding carboxylic acids is 2. The fourth-order valence-corrected chi connectivity index (χ4v) is 4.81. The van der Waals surface area contributed by atoms with Gasteiger partial charge in [-0.2, -0.15) is 0 Å². The molecule has 2 fully saturated rings. The monoisotopic (exact) mass is 375 g/mol. The second-order valence-corrected chi connectivity index (χ2v) is 7.83. The van der Waals surface area contributed by atoms with Crippen LogP contribution in [-0.4, -0.2) is 27.7 Å². The van der Waals surface area contributed by atoms with Gasteiger partial charge < -0.3 is 5.32 Å². The van der Waals surface area contributed by atoms with Gasteiger partial charge >= 0.3 is 0 Å². The zero-order valence-electron chi connectivity index (χ0n) is 16.0. The quantitative estimate of drug-likeness (QED) is 0.656. The number of ketones is 1. The van der Waals surface area contributed by atoms with E-state index in [1.807, 2.05) is 12.1 Å². The fraction of sp³-hybridized carbons (Fsp3) is 0.391. The topological polar surface area (TPSA) is 72.0 Å². The maximum atomic E-state index is 13.2. The number of carbonyl (C=O) groups is 2. The molecule has 1 aromatic carbocycles. The van der Waals surface area contributed by atoms with Crippen molar-refractivity contribution in [3.8, 4) is 0 Å². The first-order valence-corrected chi connectivity index (χ1v) is 9.98. The van der Waals surface area contributed by atoms with Gasteiger partial charge in [-0.05, 0) is 49.0 Å². The zero-order valence-corrected chi connectivity index (χ0v) is 16.0. The van der Waals surface area contributed by atoms with E-state index in [1.165, 1.54) is 12.4 Å². The number of benzene rings is 1. The first kappa shape index (κ1) is 18.5. The molecule has 5 heteroatoms. The molecule has 1 amide bonds. The lowest BCUT2D eigenvalue weighted by Crippen LogP contribution is -2.56. The third-order valence-corrected chi connectivity index (χ3v) is 6.12. The number of piperidine rings is 1. The van der Waals surface area contributed by atoms with E-state index in [0.717, 1.165) is 42.4 Å². The number of aromatic nitrogens is 2. The molecule has 0 spiro atoms. The van der Waals surface area contributed by atoms with Crippen LogP contribution < -0.4 is 5.32 Å². The Kier molecular flexibility index (Phi) is 5.33. The largest absolute Gasteiger partial charge is 0.352 e. The van der Waals surface area contributed by atoms with Crippen molar-refractivity contribution in [2.24, 2.45) is 11.8 Å². The third-order valence-electron chi connectivity index (χ3n) is 6.12. The van der Waals surface area contributed by atoms with Crippen LogP contribution in [-0.2, 0) is 9.59 Å². The molecule has 1 N–H and O–H groups in total. The maximum absolute atomic E-state index is 13.2. The lowest BCUT2D eigenvalue weighted by Gasteiger charge is -2.45. The summed E-state index contributed by atoms with van der Waals surface area (Å²) >= 11 is 0. The summed E-state index contributed by atoms with van der Waals surface area (Å²) in [6.45, 7) is 2.07. The van der Waals surface area contributed by atoms with Crippen molar-refractivity contribution in [1.29, 1.82) is 0 Å². The summed E-state index contributed by atoms with van der Waals surface area (Å²) < 4.78 is 0. The molecule has 28 heavy (non-hydrogen) atoms. The Hall–Kier alpha value is -2.82. The molecular formula is C23H25N3O2. The highest BCUT2D eigenvalue weighted by Gasteiger charge is 2.48. The third kappa shape index (κ3) is 3.61. The Bertz CT molecular complexity index is 894. The summed E-state index contributed by atoms with van der Waals surface area (Å²) in [7, 11) is 0. The van der Waals surface area contributed by atoms with Crippen molar-refractivity contribution >= 4 is 17.8 Å². The lowest BCUT2D eigenvalue weighted by atomic mass is 9.64. The summed E-state index contributed by atoms with van der Waals surface area (Å²) in [6.07, 6.45) is 12.3.